The molecule has 0 amide bonds. The Kier molecular flexibility index (Phi) is 13.6. The van der Waals surface area contributed by atoms with Crippen LogP contribution < -0.4 is 13.6 Å². The molecule has 4 nitrogen and oxygen atoms in total. The summed E-state index contributed by atoms with van der Waals surface area (Å²) in [4.78, 5) is 0. The van der Waals surface area contributed by atoms with Gasteiger partial charge in [0.05, 0.1) is 0 Å². The van der Waals surface area contributed by atoms with Gasteiger partial charge in [-0.2, -0.15) is 4.57 Å². The van der Waals surface area contributed by atoms with Gasteiger partial charge in [0, 0.05) is 0 Å². The van der Waals surface area contributed by atoms with Gasteiger partial charge in [0.2, 0.25) is 0 Å². The van der Waals surface area contributed by atoms with Crippen LogP contribution in [0.4, 0.5) is 0 Å². The standard InChI is InChI=1S/C21H21O4P.C15H24/c1-16-4-10-19(11-5-16)23-26(22,24-20-12-6-17(2)7-13-20)25-21-14-8-18(3)9-15-21;1-2-3-4-5-6-7-9-12-15-13-10-8-11-14-15/h4-15H,1-3H3;8,10-11,13-14H,2-7,9,12H2,1H3. The molecule has 0 saturated carbocycles. The summed E-state index contributed by atoms with van der Waals surface area (Å²) >= 11 is 0. The lowest BCUT2D eigenvalue weighted by molar-refractivity contribution is 0.298. The van der Waals surface area contributed by atoms with Crippen molar-refractivity contribution in [3.63, 3.8) is 0 Å². The fraction of sp³-hybridized carbons (Fsp3) is 0.333. The smallest absolute Gasteiger partial charge is 0.386 e. The van der Waals surface area contributed by atoms with Gasteiger partial charge in [0.15, 0.2) is 0 Å². The number of hydrogen-bond donors (Lipinski definition) is 0. The summed E-state index contributed by atoms with van der Waals surface area (Å²) in [6.45, 7) is 8.17. The number of benzene rings is 4. The Hall–Kier alpha value is -3.49. The molecule has 0 N–H and O–H groups in total. The molecule has 0 aliphatic rings. The first kappa shape index (κ1) is 32.0. The Balaban J connectivity index is 0.000000263. The minimum Gasteiger partial charge on any atom is -0.386 e. The molecule has 4 rings (SSSR count). The molecule has 0 aromatic heterocycles. The normalized spacial score (nSPS) is 10.8. The molecule has 0 heterocycles. The molecule has 0 bridgehead atoms. The van der Waals surface area contributed by atoms with E-state index in [1.165, 1.54) is 56.9 Å². The van der Waals surface area contributed by atoms with Crippen LogP contribution in [0.25, 0.3) is 0 Å². The molecule has 0 atom stereocenters. The second kappa shape index (κ2) is 17.4. The van der Waals surface area contributed by atoms with E-state index in [1.807, 2.05) is 57.2 Å². The summed E-state index contributed by atoms with van der Waals surface area (Å²) in [5, 5.41) is 0. The summed E-state index contributed by atoms with van der Waals surface area (Å²) in [5.74, 6) is 1.24. The van der Waals surface area contributed by atoms with Crippen molar-refractivity contribution in [2.24, 2.45) is 0 Å². The largest absolute Gasteiger partial charge is 0.647 e. The van der Waals surface area contributed by atoms with Crippen molar-refractivity contribution in [2.75, 3.05) is 0 Å². The first-order valence-corrected chi connectivity index (χ1v) is 16.2. The van der Waals surface area contributed by atoms with E-state index < -0.39 is 7.82 Å². The van der Waals surface area contributed by atoms with Crippen LogP contribution in [0.15, 0.2) is 103 Å². The Morgan fingerprint density at radius 3 is 1.24 bits per heavy atom. The maximum absolute atomic E-state index is 13.3. The van der Waals surface area contributed by atoms with Gasteiger partial charge in [-0.3, -0.25) is 0 Å². The number of aryl methyl sites for hydroxylation is 4. The van der Waals surface area contributed by atoms with Crippen LogP contribution in [-0.4, -0.2) is 0 Å². The zero-order valence-corrected chi connectivity index (χ0v) is 25.9. The number of hydrogen-bond acceptors (Lipinski definition) is 4. The molecule has 218 valence electrons. The Morgan fingerprint density at radius 1 is 0.488 bits per heavy atom. The molecule has 5 heteroatoms. The third-order valence-electron chi connectivity index (χ3n) is 6.63. The Morgan fingerprint density at radius 2 is 0.854 bits per heavy atom. The van der Waals surface area contributed by atoms with Crippen LogP contribution in [-0.2, 0) is 11.0 Å². The van der Waals surface area contributed by atoms with Crippen molar-refractivity contribution in [3.8, 4) is 17.2 Å². The topological polar surface area (TPSA) is 44.8 Å². The van der Waals surface area contributed by atoms with Gasteiger partial charge in [-0.1, -0.05) is 129 Å². The molecule has 0 spiro atoms. The second-order valence-electron chi connectivity index (χ2n) is 10.5. The van der Waals surface area contributed by atoms with Crippen LogP contribution in [0.1, 0.15) is 74.1 Å². The fourth-order valence-corrected chi connectivity index (χ4v) is 5.42. The van der Waals surface area contributed by atoms with Gasteiger partial charge >= 0.3 is 7.82 Å². The second-order valence-corrected chi connectivity index (χ2v) is 12.0. The van der Waals surface area contributed by atoms with E-state index in [1.54, 1.807) is 36.4 Å². The van der Waals surface area contributed by atoms with E-state index >= 15 is 0 Å². The summed E-state index contributed by atoms with van der Waals surface area (Å²) < 4.78 is 30.2. The van der Waals surface area contributed by atoms with Gasteiger partial charge in [-0.25, -0.2) is 0 Å². The van der Waals surface area contributed by atoms with Crippen molar-refractivity contribution in [1.82, 2.24) is 0 Å². The van der Waals surface area contributed by atoms with E-state index in [2.05, 4.69) is 37.3 Å². The van der Waals surface area contributed by atoms with Crippen molar-refractivity contribution in [2.45, 2.75) is 79.1 Å². The van der Waals surface area contributed by atoms with Gasteiger partial charge in [-0.05, 0) is 75.6 Å². The number of rotatable bonds is 14. The van der Waals surface area contributed by atoms with E-state index in [9.17, 15) is 4.57 Å². The first-order valence-electron chi connectivity index (χ1n) is 14.8. The maximum Gasteiger partial charge on any atom is 0.647 e. The summed E-state index contributed by atoms with van der Waals surface area (Å²) in [5.41, 5.74) is 4.72. The van der Waals surface area contributed by atoms with E-state index in [0.29, 0.717) is 17.2 Å². The highest BCUT2D eigenvalue weighted by Gasteiger charge is 2.33. The van der Waals surface area contributed by atoms with E-state index in [0.717, 1.165) is 16.7 Å². The quantitative estimate of drug-likeness (QED) is 0.111. The van der Waals surface area contributed by atoms with Crippen LogP contribution in [0.5, 0.6) is 17.2 Å². The Labute approximate surface area is 247 Å². The zero-order valence-electron chi connectivity index (χ0n) is 25.1. The van der Waals surface area contributed by atoms with E-state index in [4.69, 9.17) is 13.6 Å². The molecule has 41 heavy (non-hydrogen) atoms. The molecule has 4 aromatic carbocycles. The van der Waals surface area contributed by atoms with Gasteiger partial charge in [0.25, 0.3) is 0 Å². The first-order chi connectivity index (χ1) is 19.8. The molecule has 0 fully saturated rings. The van der Waals surface area contributed by atoms with Crippen molar-refractivity contribution < 1.29 is 18.1 Å². The number of phosphoric ester groups is 1. The van der Waals surface area contributed by atoms with Crippen LogP contribution in [0.3, 0.4) is 0 Å². The predicted octanol–water partition coefficient (Wildman–Crippen LogP) is 11.2. The third-order valence-corrected chi connectivity index (χ3v) is 7.93. The average molecular weight is 573 g/mol. The fourth-order valence-electron chi connectivity index (χ4n) is 4.17. The Bertz CT molecular complexity index is 1180. The van der Waals surface area contributed by atoms with Crippen LogP contribution >= 0.6 is 7.82 Å². The minimum atomic E-state index is -3.93. The summed E-state index contributed by atoms with van der Waals surface area (Å²) in [6.07, 6.45) is 11.1. The molecular weight excluding hydrogens is 527 g/mol. The summed E-state index contributed by atoms with van der Waals surface area (Å²) in [7, 11) is -3.93. The highest BCUT2D eigenvalue weighted by Crippen LogP contribution is 2.49. The SMILES string of the molecule is CCCCCCCCCc1ccccc1.Cc1ccc(OP(=O)(Oc2ccc(C)cc2)Oc2ccc(C)cc2)cc1. The molecule has 0 saturated heterocycles. The minimum absolute atomic E-state index is 0.415. The van der Waals surface area contributed by atoms with Crippen molar-refractivity contribution in [1.29, 1.82) is 0 Å². The van der Waals surface area contributed by atoms with Gasteiger partial charge in [0.1, 0.15) is 17.2 Å². The molecular formula is C36H45O4P. The van der Waals surface area contributed by atoms with Gasteiger partial charge in [-0.15, -0.1) is 0 Å². The number of phosphoric acid groups is 1. The molecule has 0 radical (unpaired) electrons. The van der Waals surface area contributed by atoms with Gasteiger partial charge < -0.3 is 13.6 Å². The predicted molar refractivity (Wildman–Crippen MR) is 171 cm³/mol. The lowest BCUT2D eigenvalue weighted by atomic mass is 10.0. The molecule has 0 unspecified atom stereocenters. The average Bonchev–Trinajstić information content (AvgIpc) is 2.97. The lowest BCUT2D eigenvalue weighted by Gasteiger charge is -2.19. The monoisotopic (exact) mass is 572 g/mol. The molecule has 0 aliphatic heterocycles. The van der Waals surface area contributed by atoms with Crippen molar-refractivity contribution in [3.05, 3.63) is 125 Å². The zero-order chi connectivity index (χ0) is 29.3. The third kappa shape index (κ3) is 12.7. The highest BCUT2D eigenvalue weighted by atomic mass is 31.2. The molecule has 4 aromatic rings. The lowest BCUT2D eigenvalue weighted by Crippen LogP contribution is -2.07. The molecule has 0 aliphatic carbocycles. The summed E-state index contributed by atoms with van der Waals surface area (Å²) in [6, 6.07) is 32.5. The van der Waals surface area contributed by atoms with Crippen LogP contribution in [0.2, 0.25) is 0 Å². The van der Waals surface area contributed by atoms with Crippen LogP contribution in [0, 0.1) is 20.8 Å². The van der Waals surface area contributed by atoms with E-state index in [-0.39, 0.29) is 0 Å². The maximum atomic E-state index is 13.3. The van der Waals surface area contributed by atoms with Crippen molar-refractivity contribution >= 4 is 7.82 Å². The highest BCUT2D eigenvalue weighted by molar-refractivity contribution is 7.49. The number of unbranched alkanes of at least 4 members (excludes halogenated alkanes) is 6.